The summed E-state index contributed by atoms with van der Waals surface area (Å²) in [5, 5.41) is 2.25. The second-order valence-corrected chi connectivity index (χ2v) is 3.79. The Labute approximate surface area is 120 Å². The number of carbonyl (C=O) groups is 1. The largest absolute Gasteiger partial charge is 1.00 e. The number of amides is 1. The van der Waals surface area contributed by atoms with Crippen molar-refractivity contribution in [2.24, 2.45) is 0 Å². The molecule has 0 aromatic carbocycles. The van der Waals surface area contributed by atoms with Gasteiger partial charge in [-0.2, -0.15) is 0 Å². The average molecular weight is 231 g/mol. The Bertz CT molecular complexity index is 274. The molecular formula is C6H10KNO4S. The van der Waals surface area contributed by atoms with Crippen LogP contribution >= 0.6 is 0 Å². The Morgan fingerprint density at radius 1 is 1.69 bits per heavy atom. The van der Waals surface area contributed by atoms with Gasteiger partial charge in [0.2, 0.25) is 5.91 Å². The number of nitrogens with one attached hydrogen (secondary N) is 1. The first-order valence-corrected chi connectivity index (χ1v) is 4.79. The topological polar surface area (TPSA) is 86.3 Å². The maximum absolute atomic E-state index is 10.6. The van der Waals surface area contributed by atoms with Crippen molar-refractivity contribution < 1.29 is 69.1 Å². The third-order valence-electron chi connectivity index (χ3n) is 1.03. The number of carbonyl (C=O) groups excluding carboxylic acids is 1. The second kappa shape index (κ2) is 7.10. The zero-order valence-corrected chi connectivity index (χ0v) is 11.5. The molecule has 0 spiro atoms. The van der Waals surface area contributed by atoms with Crippen LogP contribution in [0.3, 0.4) is 0 Å². The Balaban J connectivity index is 0. The van der Waals surface area contributed by atoms with E-state index in [-0.39, 0.29) is 51.4 Å². The van der Waals surface area contributed by atoms with Crippen molar-refractivity contribution in [3.63, 3.8) is 0 Å². The monoisotopic (exact) mass is 231 g/mol. The van der Waals surface area contributed by atoms with Crippen LogP contribution in [-0.4, -0.2) is 30.7 Å². The molecule has 0 rings (SSSR count). The predicted octanol–water partition coefficient (Wildman–Crippen LogP) is -3.77. The van der Waals surface area contributed by atoms with E-state index >= 15 is 0 Å². The Hall–Kier alpha value is 0.756. The average Bonchev–Trinajstić information content (AvgIpc) is 1.82. The van der Waals surface area contributed by atoms with Crippen molar-refractivity contribution >= 4 is 16.0 Å². The van der Waals surface area contributed by atoms with E-state index in [2.05, 4.69) is 11.9 Å². The Kier molecular flexibility index (Phi) is 8.85. The Morgan fingerprint density at radius 3 is 2.46 bits per heavy atom. The van der Waals surface area contributed by atoms with Gasteiger partial charge in [0, 0.05) is 6.04 Å². The zero-order valence-electron chi connectivity index (χ0n) is 7.61. The molecule has 70 valence electrons. The molecule has 0 saturated heterocycles. The SMILES string of the molecule is C=CC(=O)NC(C)CS(=O)(=O)[O-].[K+]. The van der Waals surface area contributed by atoms with Gasteiger partial charge in [-0.1, -0.05) is 6.58 Å². The van der Waals surface area contributed by atoms with Crippen LogP contribution < -0.4 is 56.7 Å². The molecule has 7 heteroatoms. The summed E-state index contributed by atoms with van der Waals surface area (Å²) >= 11 is 0. The summed E-state index contributed by atoms with van der Waals surface area (Å²) in [4.78, 5) is 10.6. The van der Waals surface area contributed by atoms with Gasteiger partial charge in [0.1, 0.15) is 0 Å². The van der Waals surface area contributed by atoms with Gasteiger partial charge in [-0.15, -0.1) is 0 Å². The quantitative estimate of drug-likeness (QED) is 0.306. The van der Waals surface area contributed by atoms with E-state index in [9.17, 15) is 17.8 Å². The van der Waals surface area contributed by atoms with Crippen molar-refractivity contribution in [2.45, 2.75) is 13.0 Å². The van der Waals surface area contributed by atoms with Crippen molar-refractivity contribution in [1.29, 1.82) is 0 Å². The van der Waals surface area contributed by atoms with E-state index in [1.807, 2.05) is 0 Å². The van der Waals surface area contributed by atoms with Crippen molar-refractivity contribution in [1.82, 2.24) is 5.32 Å². The van der Waals surface area contributed by atoms with Gasteiger partial charge in [-0.25, -0.2) is 8.42 Å². The van der Waals surface area contributed by atoms with Gasteiger partial charge in [0.25, 0.3) is 0 Å². The third-order valence-corrected chi connectivity index (χ3v) is 1.94. The number of hydrogen-bond donors (Lipinski definition) is 1. The maximum atomic E-state index is 10.6. The van der Waals surface area contributed by atoms with Crippen LogP contribution in [0.15, 0.2) is 12.7 Å². The van der Waals surface area contributed by atoms with Crippen molar-refractivity contribution in [3.05, 3.63) is 12.7 Å². The summed E-state index contributed by atoms with van der Waals surface area (Å²) in [6.45, 7) is 4.60. The van der Waals surface area contributed by atoms with E-state index in [1.54, 1.807) is 0 Å². The van der Waals surface area contributed by atoms with Crippen LogP contribution in [0, 0.1) is 0 Å². The van der Waals surface area contributed by atoms with Crippen molar-refractivity contribution in [3.8, 4) is 0 Å². The first kappa shape index (κ1) is 16.2. The maximum Gasteiger partial charge on any atom is 1.00 e. The molecule has 0 saturated carbocycles. The Morgan fingerprint density at radius 2 is 2.15 bits per heavy atom. The van der Waals surface area contributed by atoms with Crippen LogP contribution in [-0.2, 0) is 14.9 Å². The molecule has 0 bridgehead atoms. The normalized spacial score (nSPS) is 12.5. The minimum absolute atomic E-state index is 0. The van der Waals surface area contributed by atoms with Gasteiger partial charge < -0.3 is 9.87 Å². The van der Waals surface area contributed by atoms with E-state index in [0.29, 0.717) is 0 Å². The molecule has 1 unspecified atom stereocenters. The smallest absolute Gasteiger partial charge is 0.748 e. The molecular weight excluding hydrogens is 221 g/mol. The molecule has 0 aromatic heterocycles. The van der Waals surface area contributed by atoms with E-state index in [1.165, 1.54) is 6.92 Å². The summed E-state index contributed by atoms with van der Waals surface area (Å²) in [6.07, 6.45) is 1.01. The fourth-order valence-electron chi connectivity index (χ4n) is 0.650. The minimum Gasteiger partial charge on any atom is -0.748 e. The second-order valence-electron chi connectivity index (χ2n) is 2.34. The van der Waals surface area contributed by atoms with E-state index < -0.39 is 27.8 Å². The summed E-state index contributed by atoms with van der Waals surface area (Å²) in [5.74, 6) is -1.10. The van der Waals surface area contributed by atoms with Gasteiger partial charge in [-0.05, 0) is 13.0 Å². The van der Waals surface area contributed by atoms with Crippen LogP contribution in [0.25, 0.3) is 0 Å². The number of rotatable bonds is 4. The van der Waals surface area contributed by atoms with Gasteiger partial charge in [0.05, 0.1) is 15.9 Å². The van der Waals surface area contributed by atoms with Gasteiger partial charge >= 0.3 is 51.4 Å². The molecule has 1 amide bonds. The molecule has 0 heterocycles. The van der Waals surface area contributed by atoms with Gasteiger partial charge in [0.15, 0.2) is 0 Å². The molecule has 0 radical (unpaired) electrons. The van der Waals surface area contributed by atoms with Crippen molar-refractivity contribution in [2.75, 3.05) is 5.75 Å². The van der Waals surface area contributed by atoms with Crippen LogP contribution in [0.4, 0.5) is 0 Å². The molecule has 13 heavy (non-hydrogen) atoms. The molecule has 0 aliphatic rings. The zero-order chi connectivity index (χ0) is 9.78. The molecule has 0 fully saturated rings. The molecule has 0 aliphatic carbocycles. The standard InChI is InChI=1S/C6H11NO4S.K/c1-3-6(8)7-5(2)4-12(9,10)11;/h3,5H,1,4H2,2H3,(H,7,8)(H,9,10,11);/q;+1/p-1. The van der Waals surface area contributed by atoms with Crippen LogP contribution in [0.5, 0.6) is 0 Å². The van der Waals surface area contributed by atoms with E-state index in [0.717, 1.165) is 6.08 Å². The third kappa shape index (κ3) is 10.7. The van der Waals surface area contributed by atoms with Crippen LogP contribution in [0.1, 0.15) is 6.92 Å². The van der Waals surface area contributed by atoms with E-state index in [4.69, 9.17) is 0 Å². The predicted molar refractivity (Wildman–Crippen MR) is 42.4 cm³/mol. The molecule has 0 aromatic rings. The fraction of sp³-hybridized carbons (Fsp3) is 0.500. The summed E-state index contributed by atoms with van der Waals surface area (Å²) in [5.41, 5.74) is 0. The molecule has 0 aliphatic heterocycles. The number of hydrogen-bond acceptors (Lipinski definition) is 4. The molecule has 1 N–H and O–H groups in total. The summed E-state index contributed by atoms with van der Waals surface area (Å²) in [7, 11) is -4.28. The first-order valence-electron chi connectivity index (χ1n) is 3.21. The summed E-state index contributed by atoms with van der Waals surface area (Å²) in [6, 6.07) is -0.682. The minimum atomic E-state index is -4.28. The van der Waals surface area contributed by atoms with Crippen LogP contribution in [0.2, 0.25) is 0 Å². The first-order chi connectivity index (χ1) is 5.35. The molecule has 1 atom stereocenters. The fourth-order valence-corrected chi connectivity index (χ4v) is 1.35. The summed E-state index contributed by atoms with van der Waals surface area (Å²) < 4.78 is 30.5. The molecule has 5 nitrogen and oxygen atoms in total. The van der Waals surface area contributed by atoms with Gasteiger partial charge in [-0.3, -0.25) is 4.79 Å².